The molecule has 0 aliphatic heterocycles. The first-order valence-corrected chi connectivity index (χ1v) is 10.8. The van der Waals surface area contributed by atoms with E-state index in [1.54, 1.807) is 0 Å². The van der Waals surface area contributed by atoms with Crippen LogP contribution in [0.25, 0.3) is 22.7 Å². The third-order valence-corrected chi connectivity index (χ3v) is 6.10. The van der Waals surface area contributed by atoms with Crippen molar-refractivity contribution in [2.45, 2.75) is 58.1 Å². The van der Waals surface area contributed by atoms with Crippen LogP contribution in [0.3, 0.4) is 0 Å². The molecule has 0 aromatic carbocycles. The molecule has 1 fully saturated rings. The number of nitrogens with zero attached hydrogens (tertiary/aromatic N) is 5. The molecule has 2 N–H and O–H groups in total. The summed E-state index contributed by atoms with van der Waals surface area (Å²) in [5, 5.41) is 18.6. The highest BCUT2D eigenvalue weighted by Gasteiger charge is 2.29. The average molecular weight is 417 g/mol. The van der Waals surface area contributed by atoms with E-state index < -0.39 is 5.60 Å². The standard InChI is InChI=1S/C24H28N6O/c1-16-11-17(2)30(28-16)23-12-18(8-10-25-23)21-14-26-22-7-6-20(15-29(21)22)27-19-5-4-9-24(3,31)13-19/h6-8,10-12,14-15,19,27,31H,4-5,9,13H2,1-3H3. The zero-order valence-corrected chi connectivity index (χ0v) is 18.2. The van der Waals surface area contributed by atoms with Crippen LogP contribution in [0.15, 0.2) is 48.9 Å². The van der Waals surface area contributed by atoms with E-state index in [9.17, 15) is 5.11 Å². The molecule has 0 saturated heterocycles. The number of aryl methyl sites for hydroxylation is 2. The first-order chi connectivity index (χ1) is 14.9. The summed E-state index contributed by atoms with van der Waals surface area (Å²) in [7, 11) is 0. The highest BCUT2D eigenvalue weighted by molar-refractivity contribution is 5.66. The van der Waals surface area contributed by atoms with Gasteiger partial charge in [0.1, 0.15) is 5.65 Å². The quantitative estimate of drug-likeness (QED) is 0.518. The molecule has 4 aromatic heterocycles. The molecule has 0 amide bonds. The molecule has 2 atom stereocenters. The summed E-state index contributed by atoms with van der Waals surface area (Å²) in [5.41, 5.74) is 5.38. The summed E-state index contributed by atoms with van der Waals surface area (Å²) in [6.45, 7) is 5.95. The molecule has 4 heterocycles. The molecule has 0 bridgehead atoms. The highest BCUT2D eigenvalue weighted by atomic mass is 16.3. The Morgan fingerprint density at radius 1 is 1.16 bits per heavy atom. The lowest BCUT2D eigenvalue weighted by molar-refractivity contribution is 0.0182. The van der Waals surface area contributed by atoms with Gasteiger partial charge >= 0.3 is 0 Å². The number of hydrogen-bond acceptors (Lipinski definition) is 5. The maximum Gasteiger partial charge on any atom is 0.154 e. The van der Waals surface area contributed by atoms with E-state index in [-0.39, 0.29) is 6.04 Å². The van der Waals surface area contributed by atoms with Crippen LogP contribution in [0, 0.1) is 13.8 Å². The molecule has 2 unspecified atom stereocenters. The average Bonchev–Trinajstić information content (AvgIpc) is 3.29. The minimum absolute atomic E-state index is 0.270. The van der Waals surface area contributed by atoms with Crippen LogP contribution < -0.4 is 5.32 Å². The topological polar surface area (TPSA) is 80.3 Å². The van der Waals surface area contributed by atoms with E-state index in [0.29, 0.717) is 0 Å². The Morgan fingerprint density at radius 2 is 2.03 bits per heavy atom. The van der Waals surface area contributed by atoms with E-state index in [4.69, 9.17) is 0 Å². The number of aliphatic hydroxyl groups is 1. The van der Waals surface area contributed by atoms with Crippen LogP contribution in [0.2, 0.25) is 0 Å². The molecule has 4 aromatic rings. The lowest BCUT2D eigenvalue weighted by atomic mass is 9.83. The smallest absolute Gasteiger partial charge is 0.154 e. The molecular weight excluding hydrogens is 388 g/mol. The Labute approximate surface area is 181 Å². The van der Waals surface area contributed by atoms with Gasteiger partial charge in [0, 0.05) is 29.7 Å². The van der Waals surface area contributed by atoms with E-state index in [1.807, 2.05) is 62.1 Å². The Hall–Kier alpha value is -3.19. The maximum absolute atomic E-state index is 10.4. The Morgan fingerprint density at radius 3 is 2.81 bits per heavy atom. The van der Waals surface area contributed by atoms with E-state index in [0.717, 1.165) is 65.5 Å². The molecule has 5 rings (SSSR count). The fraction of sp³-hybridized carbons (Fsp3) is 0.375. The van der Waals surface area contributed by atoms with Gasteiger partial charge in [0.25, 0.3) is 0 Å². The number of fused-ring (bicyclic) bond motifs is 1. The van der Waals surface area contributed by atoms with Crippen molar-refractivity contribution >= 4 is 11.3 Å². The van der Waals surface area contributed by atoms with E-state index in [1.165, 1.54) is 0 Å². The highest BCUT2D eigenvalue weighted by Crippen LogP contribution is 2.30. The Balaban J connectivity index is 1.48. The molecule has 0 radical (unpaired) electrons. The van der Waals surface area contributed by atoms with Crippen molar-refractivity contribution in [3.8, 4) is 17.1 Å². The number of pyridine rings is 2. The fourth-order valence-corrected chi connectivity index (χ4v) is 4.66. The van der Waals surface area contributed by atoms with Gasteiger partial charge in [0.05, 0.1) is 28.9 Å². The van der Waals surface area contributed by atoms with Gasteiger partial charge in [-0.1, -0.05) is 0 Å². The Bertz CT molecular complexity index is 1240. The first kappa shape index (κ1) is 19.8. The van der Waals surface area contributed by atoms with Gasteiger partial charge in [-0.15, -0.1) is 0 Å². The van der Waals surface area contributed by atoms with Gasteiger partial charge in [-0.05, 0) is 76.8 Å². The van der Waals surface area contributed by atoms with Crippen molar-refractivity contribution in [2.24, 2.45) is 0 Å². The Kier molecular flexibility index (Phi) is 4.78. The second-order valence-electron chi connectivity index (χ2n) is 8.97. The summed E-state index contributed by atoms with van der Waals surface area (Å²) in [4.78, 5) is 9.10. The van der Waals surface area contributed by atoms with Gasteiger partial charge < -0.3 is 10.4 Å². The fourth-order valence-electron chi connectivity index (χ4n) is 4.66. The van der Waals surface area contributed by atoms with Crippen molar-refractivity contribution in [1.82, 2.24) is 24.1 Å². The number of aromatic nitrogens is 5. The lowest BCUT2D eigenvalue weighted by Gasteiger charge is -2.34. The number of imidazole rings is 1. The summed E-state index contributed by atoms with van der Waals surface area (Å²) in [6, 6.07) is 10.4. The molecule has 0 spiro atoms. The summed E-state index contributed by atoms with van der Waals surface area (Å²) in [5.74, 6) is 0.789. The summed E-state index contributed by atoms with van der Waals surface area (Å²) < 4.78 is 3.97. The van der Waals surface area contributed by atoms with Gasteiger partial charge in [0.15, 0.2) is 5.82 Å². The van der Waals surface area contributed by atoms with Crippen molar-refractivity contribution in [3.63, 3.8) is 0 Å². The maximum atomic E-state index is 10.4. The lowest BCUT2D eigenvalue weighted by Crippen LogP contribution is -2.38. The first-order valence-electron chi connectivity index (χ1n) is 10.8. The molecule has 31 heavy (non-hydrogen) atoms. The third-order valence-electron chi connectivity index (χ3n) is 6.10. The number of rotatable bonds is 4. The van der Waals surface area contributed by atoms with Crippen LogP contribution in [-0.4, -0.2) is 40.9 Å². The van der Waals surface area contributed by atoms with Crippen LogP contribution >= 0.6 is 0 Å². The minimum Gasteiger partial charge on any atom is -0.390 e. The second-order valence-corrected chi connectivity index (χ2v) is 8.97. The molecule has 7 nitrogen and oxygen atoms in total. The summed E-state index contributed by atoms with van der Waals surface area (Å²) in [6.07, 6.45) is 9.53. The molecule has 7 heteroatoms. The number of hydrogen-bond donors (Lipinski definition) is 2. The zero-order valence-electron chi connectivity index (χ0n) is 18.2. The van der Waals surface area contributed by atoms with Crippen LogP contribution in [-0.2, 0) is 0 Å². The molecule has 1 aliphatic carbocycles. The molecule has 1 saturated carbocycles. The van der Waals surface area contributed by atoms with Crippen molar-refractivity contribution in [1.29, 1.82) is 0 Å². The van der Waals surface area contributed by atoms with Crippen molar-refractivity contribution in [3.05, 3.63) is 60.3 Å². The predicted molar refractivity (Wildman–Crippen MR) is 122 cm³/mol. The van der Waals surface area contributed by atoms with Gasteiger partial charge in [-0.3, -0.25) is 4.40 Å². The normalized spacial score (nSPS) is 21.5. The minimum atomic E-state index is -0.587. The van der Waals surface area contributed by atoms with E-state index >= 15 is 0 Å². The number of anilines is 1. The zero-order chi connectivity index (χ0) is 21.6. The van der Waals surface area contributed by atoms with Crippen molar-refractivity contribution in [2.75, 3.05) is 5.32 Å². The second kappa shape index (κ2) is 7.50. The monoisotopic (exact) mass is 416 g/mol. The SMILES string of the molecule is Cc1cc(C)n(-c2cc(-c3cnc4ccc(NC5CCCC(C)(O)C5)cn34)ccn2)n1. The summed E-state index contributed by atoms with van der Waals surface area (Å²) >= 11 is 0. The molecular formula is C24H28N6O. The molecule has 1 aliphatic rings. The van der Waals surface area contributed by atoms with Crippen LogP contribution in [0.5, 0.6) is 0 Å². The van der Waals surface area contributed by atoms with Crippen LogP contribution in [0.1, 0.15) is 44.0 Å². The van der Waals surface area contributed by atoms with Gasteiger partial charge in [0.2, 0.25) is 0 Å². The third kappa shape index (κ3) is 3.93. The number of nitrogens with one attached hydrogen (secondary N) is 1. The predicted octanol–water partition coefficient (Wildman–Crippen LogP) is 4.30. The van der Waals surface area contributed by atoms with Crippen molar-refractivity contribution < 1.29 is 5.11 Å². The van der Waals surface area contributed by atoms with Gasteiger partial charge in [-0.2, -0.15) is 5.10 Å². The largest absolute Gasteiger partial charge is 0.390 e. The van der Waals surface area contributed by atoms with Crippen LogP contribution in [0.4, 0.5) is 5.69 Å². The molecule has 160 valence electrons. The van der Waals surface area contributed by atoms with Gasteiger partial charge in [-0.25, -0.2) is 14.6 Å². The van der Waals surface area contributed by atoms with E-state index in [2.05, 4.69) is 37.0 Å².